The highest BCUT2D eigenvalue weighted by atomic mass is 19.1. The van der Waals surface area contributed by atoms with E-state index in [0.717, 1.165) is 43.1 Å². The fourth-order valence-electron chi connectivity index (χ4n) is 3.76. The Hall–Kier alpha value is -3.35. The molecule has 0 saturated carbocycles. The zero-order chi connectivity index (χ0) is 21.6. The number of aromatic nitrogens is 1. The van der Waals surface area contributed by atoms with Crippen LogP contribution in [0.1, 0.15) is 18.7 Å². The van der Waals surface area contributed by atoms with Crippen LogP contribution in [0.3, 0.4) is 0 Å². The topological polar surface area (TPSA) is 58.8 Å². The average Bonchev–Trinajstić information content (AvgIpc) is 3.14. The van der Waals surface area contributed by atoms with E-state index in [9.17, 15) is 9.18 Å². The summed E-state index contributed by atoms with van der Waals surface area (Å²) in [5, 5.41) is 0. The number of hydrogen-bond donors (Lipinski definition) is 0. The molecule has 3 aromatic rings. The molecule has 0 N–H and O–H groups in total. The van der Waals surface area contributed by atoms with Crippen LogP contribution in [0.2, 0.25) is 0 Å². The van der Waals surface area contributed by atoms with E-state index in [1.54, 1.807) is 25.4 Å². The molecule has 31 heavy (non-hydrogen) atoms. The number of methoxy groups -OCH3 is 1. The average molecular weight is 423 g/mol. The number of carbonyl (C=O) groups excluding carboxylic acids is 1. The van der Waals surface area contributed by atoms with Crippen LogP contribution in [-0.2, 0) is 11.2 Å². The predicted octanol–water partition coefficient (Wildman–Crippen LogP) is 4.16. The number of halogens is 1. The summed E-state index contributed by atoms with van der Waals surface area (Å²) in [6, 6.07) is 14.1. The number of anilines is 1. The number of nitrogens with zero attached hydrogens (tertiary/aromatic N) is 3. The third-order valence-electron chi connectivity index (χ3n) is 5.52. The van der Waals surface area contributed by atoms with Gasteiger partial charge in [0.05, 0.1) is 13.3 Å². The molecule has 0 spiro atoms. The maximum atomic E-state index is 13.2. The lowest BCUT2D eigenvalue weighted by molar-refractivity contribution is -0.131. The van der Waals surface area contributed by atoms with Gasteiger partial charge < -0.3 is 19.0 Å². The summed E-state index contributed by atoms with van der Waals surface area (Å²) in [7, 11) is 1.63. The molecule has 0 unspecified atom stereocenters. The summed E-state index contributed by atoms with van der Waals surface area (Å²) in [4.78, 5) is 21.2. The van der Waals surface area contributed by atoms with Crippen LogP contribution in [0.25, 0.3) is 11.3 Å². The molecule has 0 atom stereocenters. The van der Waals surface area contributed by atoms with E-state index in [2.05, 4.69) is 9.88 Å². The highest BCUT2D eigenvalue weighted by Gasteiger charge is 2.20. The molecule has 1 aromatic heterocycles. The third kappa shape index (κ3) is 5.23. The maximum absolute atomic E-state index is 13.2. The van der Waals surface area contributed by atoms with E-state index in [1.165, 1.54) is 12.1 Å². The number of ether oxygens (including phenoxy) is 1. The predicted molar refractivity (Wildman–Crippen MR) is 117 cm³/mol. The van der Waals surface area contributed by atoms with Gasteiger partial charge in [-0.1, -0.05) is 0 Å². The van der Waals surface area contributed by atoms with E-state index in [-0.39, 0.29) is 11.7 Å². The SMILES string of the molecule is COc1ccc(-c2cnc(CCC(=O)N3CCCN(c4ccc(F)cc4)CC3)o2)cc1. The molecule has 7 heteroatoms. The third-order valence-corrected chi connectivity index (χ3v) is 5.52. The molecule has 1 fully saturated rings. The quantitative estimate of drug-likeness (QED) is 0.596. The van der Waals surface area contributed by atoms with Crippen molar-refractivity contribution < 1.29 is 18.3 Å². The van der Waals surface area contributed by atoms with Gasteiger partial charge in [0, 0.05) is 50.3 Å². The number of benzene rings is 2. The van der Waals surface area contributed by atoms with Crippen LogP contribution in [0, 0.1) is 5.82 Å². The van der Waals surface area contributed by atoms with Crippen LogP contribution in [0.5, 0.6) is 5.75 Å². The number of amides is 1. The van der Waals surface area contributed by atoms with Gasteiger partial charge in [-0.15, -0.1) is 0 Å². The molecule has 0 aliphatic carbocycles. The van der Waals surface area contributed by atoms with Crippen LogP contribution < -0.4 is 9.64 Å². The van der Waals surface area contributed by atoms with Crippen molar-refractivity contribution >= 4 is 11.6 Å². The minimum absolute atomic E-state index is 0.102. The van der Waals surface area contributed by atoms with Gasteiger partial charge in [0.1, 0.15) is 11.6 Å². The van der Waals surface area contributed by atoms with Gasteiger partial charge in [0.2, 0.25) is 5.91 Å². The van der Waals surface area contributed by atoms with Gasteiger partial charge in [-0.25, -0.2) is 9.37 Å². The Kier molecular flexibility index (Phi) is 6.50. The van der Waals surface area contributed by atoms with Gasteiger partial charge >= 0.3 is 0 Å². The number of hydrogen-bond acceptors (Lipinski definition) is 5. The molecule has 1 aliphatic heterocycles. The second-order valence-corrected chi connectivity index (χ2v) is 7.54. The first-order valence-electron chi connectivity index (χ1n) is 10.5. The molecule has 1 amide bonds. The molecule has 2 heterocycles. The number of aryl methyl sites for hydroxylation is 1. The van der Waals surface area contributed by atoms with E-state index >= 15 is 0 Å². The van der Waals surface area contributed by atoms with E-state index in [1.807, 2.05) is 29.2 Å². The Morgan fingerprint density at radius 2 is 1.84 bits per heavy atom. The molecular formula is C24H26FN3O3. The lowest BCUT2D eigenvalue weighted by Crippen LogP contribution is -2.35. The minimum atomic E-state index is -0.239. The Bertz CT molecular complexity index is 1000. The second-order valence-electron chi connectivity index (χ2n) is 7.54. The zero-order valence-corrected chi connectivity index (χ0v) is 17.6. The van der Waals surface area contributed by atoms with Gasteiger partial charge in [-0.3, -0.25) is 4.79 Å². The minimum Gasteiger partial charge on any atom is -0.497 e. The summed E-state index contributed by atoms with van der Waals surface area (Å²) >= 11 is 0. The first kappa shape index (κ1) is 20.9. The van der Waals surface area contributed by atoms with E-state index in [0.29, 0.717) is 31.0 Å². The van der Waals surface area contributed by atoms with Crippen molar-refractivity contribution in [1.29, 1.82) is 0 Å². The van der Waals surface area contributed by atoms with Crippen molar-refractivity contribution in [2.75, 3.05) is 38.2 Å². The van der Waals surface area contributed by atoms with Crippen molar-refractivity contribution in [1.82, 2.24) is 9.88 Å². The van der Waals surface area contributed by atoms with E-state index < -0.39 is 0 Å². The van der Waals surface area contributed by atoms with Crippen LogP contribution in [0.15, 0.2) is 59.1 Å². The monoisotopic (exact) mass is 423 g/mol. The normalized spacial score (nSPS) is 14.4. The van der Waals surface area contributed by atoms with Crippen LogP contribution in [-0.4, -0.2) is 49.1 Å². The standard InChI is InChI=1S/C24H26FN3O3/c1-30-21-9-3-18(4-10-21)22-17-26-23(31-22)11-12-24(29)28-14-2-13-27(15-16-28)20-7-5-19(25)6-8-20/h3-10,17H,2,11-16H2,1H3. The number of carbonyl (C=O) groups is 1. The first-order chi connectivity index (χ1) is 15.1. The van der Waals surface area contributed by atoms with Crippen LogP contribution >= 0.6 is 0 Å². The van der Waals surface area contributed by atoms with Crippen molar-refractivity contribution in [3.63, 3.8) is 0 Å². The fourth-order valence-corrected chi connectivity index (χ4v) is 3.76. The highest BCUT2D eigenvalue weighted by molar-refractivity contribution is 5.76. The second kappa shape index (κ2) is 9.64. The van der Waals surface area contributed by atoms with Gasteiger partial charge in [-0.2, -0.15) is 0 Å². The molecule has 0 bridgehead atoms. The number of rotatable bonds is 6. The fraction of sp³-hybridized carbons (Fsp3) is 0.333. The van der Waals surface area contributed by atoms with Crippen molar-refractivity contribution in [2.45, 2.75) is 19.3 Å². The molecule has 6 nitrogen and oxygen atoms in total. The molecular weight excluding hydrogens is 397 g/mol. The highest BCUT2D eigenvalue weighted by Crippen LogP contribution is 2.24. The lowest BCUT2D eigenvalue weighted by atomic mass is 10.2. The van der Waals surface area contributed by atoms with Crippen LogP contribution in [0.4, 0.5) is 10.1 Å². The van der Waals surface area contributed by atoms with Gasteiger partial charge in [0.15, 0.2) is 11.7 Å². The lowest BCUT2D eigenvalue weighted by Gasteiger charge is -2.23. The van der Waals surface area contributed by atoms with E-state index in [4.69, 9.17) is 9.15 Å². The summed E-state index contributed by atoms with van der Waals surface area (Å²) in [6.07, 6.45) is 3.39. The Morgan fingerprint density at radius 3 is 2.58 bits per heavy atom. The molecule has 2 aromatic carbocycles. The number of oxazole rings is 1. The van der Waals surface area contributed by atoms with Crippen molar-refractivity contribution in [2.24, 2.45) is 0 Å². The molecule has 162 valence electrons. The molecule has 1 saturated heterocycles. The largest absolute Gasteiger partial charge is 0.497 e. The van der Waals surface area contributed by atoms with Gasteiger partial charge in [-0.05, 0) is 55.0 Å². The molecule has 1 aliphatic rings. The van der Waals surface area contributed by atoms with Crippen molar-refractivity contribution in [3.05, 3.63) is 66.4 Å². The summed E-state index contributed by atoms with van der Waals surface area (Å²) in [5.41, 5.74) is 1.90. The smallest absolute Gasteiger partial charge is 0.223 e. The summed E-state index contributed by atoms with van der Waals surface area (Å²) < 4.78 is 24.2. The Labute approximate surface area is 181 Å². The Balaban J connectivity index is 1.29. The summed E-state index contributed by atoms with van der Waals surface area (Å²) in [6.45, 7) is 2.95. The van der Waals surface area contributed by atoms with Gasteiger partial charge in [0.25, 0.3) is 0 Å². The first-order valence-corrected chi connectivity index (χ1v) is 10.5. The molecule has 4 rings (SSSR count). The molecule has 0 radical (unpaired) electrons. The maximum Gasteiger partial charge on any atom is 0.223 e. The summed E-state index contributed by atoms with van der Waals surface area (Å²) in [5.74, 6) is 1.88. The Morgan fingerprint density at radius 1 is 1.06 bits per heavy atom. The zero-order valence-electron chi connectivity index (χ0n) is 17.6. The van der Waals surface area contributed by atoms with Crippen molar-refractivity contribution in [3.8, 4) is 17.1 Å².